The van der Waals surface area contributed by atoms with Crippen molar-refractivity contribution in [2.75, 3.05) is 19.8 Å². The SMILES string of the molecule is C#CCOCC(O)CN1Cc2ccccc2C1. The molecular formula is C14H17NO2. The fourth-order valence-electron chi connectivity index (χ4n) is 2.14. The number of aliphatic hydroxyl groups excluding tert-OH is 1. The predicted octanol–water partition coefficient (Wildman–Crippen LogP) is 1.01. The lowest BCUT2D eigenvalue weighted by Crippen LogP contribution is -2.31. The van der Waals surface area contributed by atoms with Crippen molar-refractivity contribution in [3.63, 3.8) is 0 Å². The Hall–Kier alpha value is -1.34. The largest absolute Gasteiger partial charge is 0.389 e. The summed E-state index contributed by atoms with van der Waals surface area (Å²) < 4.78 is 5.12. The lowest BCUT2D eigenvalue weighted by Gasteiger charge is -2.18. The molecule has 90 valence electrons. The molecule has 3 heteroatoms. The number of terminal acetylenes is 1. The van der Waals surface area contributed by atoms with Crippen molar-refractivity contribution >= 4 is 0 Å². The second-order valence-corrected chi connectivity index (χ2v) is 4.31. The van der Waals surface area contributed by atoms with Crippen LogP contribution in [-0.2, 0) is 17.8 Å². The van der Waals surface area contributed by atoms with E-state index in [-0.39, 0.29) is 6.61 Å². The van der Waals surface area contributed by atoms with E-state index in [1.165, 1.54) is 11.1 Å². The number of ether oxygens (including phenoxy) is 1. The molecule has 1 aliphatic rings. The molecule has 1 N–H and O–H groups in total. The number of hydrogen-bond donors (Lipinski definition) is 1. The molecule has 1 unspecified atom stereocenters. The van der Waals surface area contributed by atoms with Gasteiger partial charge in [-0.15, -0.1) is 6.42 Å². The Bertz CT molecular complexity index is 386. The predicted molar refractivity (Wildman–Crippen MR) is 66.2 cm³/mol. The number of nitrogens with zero attached hydrogens (tertiary/aromatic N) is 1. The van der Waals surface area contributed by atoms with Crippen molar-refractivity contribution < 1.29 is 9.84 Å². The highest BCUT2D eigenvalue weighted by molar-refractivity contribution is 5.30. The van der Waals surface area contributed by atoms with Gasteiger partial charge in [-0.1, -0.05) is 30.2 Å². The average Bonchev–Trinajstić information content (AvgIpc) is 2.71. The molecule has 0 fully saturated rings. The topological polar surface area (TPSA) is 32.7 Å². The first-order chi connectivity index (χ1) is 8.29. The van der Waals surface area contributed by atoms with Crippen molar-refractivity contribution in [2.24, 2.45) is 0 Å². The molecule has 1 aromatic carbocycles. The molecule has 1 atom stereocenters. The summed E-state index contributed by atoms with van der Waals surface area (Å²) in [6.07, 6.45) is 4.59. The van der Waals surface area contributed by atoms with Gasteiger partial charge in [-0.25, -0.2) is 0 Å². The Kier molecular flexibility index (Phi) is 4.16. The number of fused-ring (bicyclic) bond motifs is 1. The first-order valence-electron chi connectivity index (χ1n) is 5.78. The average molecular weight is 231 g/mol. The molecule has 0 aliphatic carbocycles. The lowest BCUT2D eigenvalue weighted by atomic mass is 10.1. The van der Waals surface area contributed by atoms with Gasteiger partial charge in [0.25, 0.3) is 0 Å². The van der Waals surface area contributed by atoms with Gasteiger partial charge in [-0.3, -0.25) is 4.90 Å². The highest BCUT2D eigenvalue weighted by Gasteiger charge is 2.20. The third-order valence-corrected chi connectivity index (χ3v) is 2.87. The molecule has 1 aromatic rings. The van der Waals surface area contributed by atoms with Gasteiger partial charge >= 0.3 is 0 Å². The Labute approximate surface area is 102 Å². The van der Waals surface area contributed by atoms with E-state index in [2.05, 4.69) is 35.1 Å². The molecule has 17 heavy (non-hydrogen) atoms. The van der Waals surface area contributed by atoms with E-state index < -0.39 is 6.10 Å². The highest BCUT2D eigenvalue weighted by Crippen LogP contribution is 2.21. The summed E-state index contributed by atoms with van der Waals surface area (Å²) >= 11 is 0. The summed E-state index contributed by atoms with van der Waals surface area (Å²) in [6, 6.07) is 8.37. The highest BCUT2D eigenvalue weighted by atomic mass is 16.5. The van der Waals surface area contributed by atoms with Gasteiger partial charge in [0.15, 0.2) is 0 Å². The Balaban J connectivity index is 1.78. The molecule has 1 aliphatic heterocycles. The van der Waals surface area contributed by atoms with E-state index in [1.54, 1.807) is 0 Å². The zero-order valence-corrected chi connectivity index (χ0v) is 9.80. The number of aliphatic hydroxyl groups is 1. The minimum atomic E-state index is -0.474. The van der Waals surface area contributed by atoms with Crippen molar-refractivity contribution in [1.82, 2.24) is 4.90 Å². The summed E-state index contributed by atoms with van der Waals surface area (Å²) in [6.45, 7) is 3.00. The number of benzene rings is 1. The minimum absolute atomic E-state index is 0.261. The van der Waals surface area contributed by atoms with Gasteiger partial charge < -0.3 is 9.84 Å². The monoisotopic (exact) mass is 231 g/mol. The molecule has 0 aromatic heterocycles. The van der Waals surface area contributed by atoms with E-state index >= 15 is 0 Å². The Morgan fingerprint density at radius 3 is 2.59 bits per heavy atom. The first kappa shape index (κ1) is 12.1. The second kappa shape index (κ2) is 5.83. The van der Waals surface area contributed by atoms with Crippen LogP contribution in [0.25, 0.3) is 0 Å². The first-order valence-corrected chi connectivity index (χ1v) is 5.78. The molecular weight excluding hydrogens is 214 g/mol. The van der Waals surface area contributed by atoms with E-state index in [1.807, 2.05) is 0 Å². The van der Waals surface area contributed by atoms with Gasteiger partial charge in [-0.2, -0.15) is 0 Å². The number of β-amino-alcohol motifs (C(OH)–C–C–N with tert-alkyl or cyclic N) is 1. The molecule has 2 rings (SSSR count). The molecule has 0 saturated carbocycles. The molecule has 1 heterocycles. The Morgan fingerprint density at radius 1 is 1.35 bits per heavy atom. The maximum Gasteiger partial charge on any atom is 0.107 e. The van der Waals surface area contributed by atoms with Crippen molar-refractivity contribution in [2.45, 2.75) is 19.2 Å². The molecule has 0 bridgehead atoms. The number of rotatable bonds is 5. The summed E-state index contributed by atoms with van der Waals surface area (Å²) in [4.78, 5) is 2.22. The third kappa shape index (κ3) is 3.31. The van der Waals surface area contributed by atoms with Crippen LogP contribution in [0.2, 0.25) is 0 Å². The zero-order valence-electron chi connectivity index (χ0n) is 9.80. The van der Waals surface area contributed by atoms with Gasteiger partial charge in [0.1, 0.15) is 6.61 Å². The van der Waals surface area contributed by atoms with Crippen LogP contribution in [-0.4, -0.2) is 35.9 Å². The van der Waals surface area contributed by atoms with E-state index in [0.29, 0.717) is 13.2 Å². The third-order valence-electron chi connectivity index (χ3n) is 2.87. The van der Waals surface area contributed by atoms with Crippen LogP contribution in [0.1, 0.15) is 11.1 Å². The lowest BCUT2D eigenvalue weighted by molar-refractivity contribution is 0.0270. The maximum absolute atomic E-state index is 9.78. The van der Waals surface area contributed by atoms with E-state index in [9.17, 15) is 5.11 Å². The summed E-state index contributed by atoms with van der Waals surface area (Å²) in [5.74, 6) is 2.38. The van der Waals surface area contributed by atoms with Crippen LogP contribution >= 0.6 is 0 Å². The van der Waals surface area contributed by atoms with Crippen molar-refractivity contribution in [1.29, 1.82) is 0 Å². The smallest absolute Gasteiger partial charge is 0.107 e. The maximum atomic E-state index is 9.78. The van der Waals surface area contributed by atoms with Crippen molar-refractivity contribution in [3.05, 3.63) is 35.4 Å². The Morgan fingerprint density at radius 2 is 2.00 bits per heavy atom. The fraction of sp³-hybridized carbons (Fsp3) is 0.429. The molecule has 0 saturated heterocycles. The van der Waals surface area contributed by atoms with Crippen LogP contribution in [0.5, 0.6) is 0 Å². The van der Waals surface area contributed by atoms with Crippen LogP contribution in [0.4, 0.5) is 0 Å². The van der Waals surface area contributed by atoms with Gasteiger partial charge in [-0.05, 0) is 11.1 Å². The number of hydrogen-bond acceptors (Lipinski definition) is 3. The zero-order chi connectivity index (χ0) is 12.1. The molecule has 0 amide bonds. The normalized spacial score (nSPS) is 16.5. The van der Waals surface area contributed by atoms with Gasteiger partial charge in [0, 0.05) is 19.6 Å². The second-order valence-electron chi connectivity index (χ2n) is 4.31. The fourth-order valence-corrected chi connectivity index (χ4v) is 2.14. The van der Waals surface area contributed by atoms with Crippen LogP contribution < -0.4 is 0 Å². The summed E-state index contributed by atoms with van der Waals surface area (Å²) in [5, 5.41) is 9.78. The minimum Gasteiger partial charge on any atom is -0.389 e. The van der Waals surface area contributed by atoms with E-state index in [4.69, 9.17) is 11.2 Å². The van der Waals surface area contributed by atoms with Gasteiger partial charge in [0.2, 0.25) is 0 Å². The molecule has 3 nitrogen and oxygen atoms in total. The summed E-state index contributed by atoms with van der Waals surface area (Å²) in [7, 11) is 0. The van der Waals surface area contributed by atoms with E-state index in [0.717, 1.165) is 13.1 Å². The standard InChI is InChI=1S/C14H17NO2/c1-2-7-17-11-14(16)10-15-8-12-5-3-4-6-13(12)9-15/h1,3-6,14,16H,7-11H2. The van der Waals surface area contributed by atoms with Crippen LogP contribution in [0.15, 0.2) is 24.3 Å². The summed E-state index contributed by atoms with van der Waals surface area (Å²) in [5.41, 5.74) is 2.70. The van der Waals surface area contributed by atoms with Crippen LogP contribution in [0.3, 0.4) is 0 Å². The molecule has 0 radical (unpaired) electrons. The molecule has 0 spiro atoms. The quantitative estimate of drug-likeness (QED) is 0.606. The van der Waals surface area contributed by atoms with Crippen molar-refractivity contribution in [3.8, 4) is 12.3 Å². The van der Waals surface area contributed by atoms with Crippen LogP contribution in [0, 0.1) is 12.3 Å². The van der Waals surface area contributed by atoms with Gasteiger partial charge in [0.05, 0.1) is 12.7 Å².